The predicted octanol–water partition coefficient (Wildman–Crippen LogP) is 5.28. The van der Waals surface area contributed by atoms with Crippen molar-refractivity contribution < 1.29 is 18.8 Å². The second kappa shape index (κ2) is 8.26. The van der Waals surface area contributed by atoms with E-state index in [9.17, 15) is 14.4 Å². The largest absolute Gasteiger partial charge is 0.363 e. The van der Waals surface area contributed by atoms with E-state index in [-0.39, 0.29) is 16.7 Å². The molecule has 0 aliphatic carbocycles. The molecule has 0 aromatic heterocycles. The van der Waals surface area contributed by atoms with Gasteiger partial charge in [-0.3, -0.25) is 14.9 Å². The molecule has 8 heteroatoms. The van der Waals surface area contributed by atoms with Crippen LogP contribution in [0.2, 0.25) is 0 Å². The number of benzene rings is 2. The average molecular weight is 512 g/mol. The molecule has 1 saturated heterocycles. The van der Waals surface area contributed by atoms with Crippen LogP contribution in [0.1, 0.15) is 38.8 Å². The molecule has 0 saturated carbocycles. The number of halogens is 2. The number of likely N-dealkylation sites (N-methyl/N-ethyl adjacent to an activating group) is 1. The molecule has 1 N–H and O–H groups in total. The summed E-state index contributed by atoms with van der Waals surface area (Å²) in [6.07, 6.45) is 3.31. The first-order valence-electron chi connectivity index (χ1n) is 10.5. The van der Waals surface area contributed by atoms with Crippen molar-refractivity contribution in [2.75, 3.05) is 16.3 Å². The molecule has 170 valence electrons. The quantitative estimate of drug-likeness (QED) is 0.449. The van der Waals surface area contributed by atoms with Gasteiger partial charge in [0, 0.05) is 27.8 Å². The van der Waals surface area contributed by atoms with Gasteiger partial charge in [0.2, 0.25) is 0 Å². The highest BCUT2D eigenvalue weighted by atomic mass is 79.9. The van der Waals surface area contributed by atoms with Gasteiger partial charge in [0.15, 0.2) is 0 Å². The molecule has 2 aromatic rings. The third-order valence-corrected chi connectivity index (χ3v) is 6.43. The zero-order valence-electron chi connectivity index (χ0n) is 18.7. The van der Waals surface area contributed by atoms with Gasteiger partial charge in [-0.25, -0.2) is 14.1 Å². The number of urea groups is 1. The van der Waals surface area contributed by atoms with Crippen LogP contribution in [0.3, 0.4) is 0 Å². The van der Waals surface area contributed by atoms with E-state index in [1.165, 1.54) is 12.1 Å². The van der Waals surface area contributed by atoms with Crippen LogP contribution in [0.25, 0.3) is 11.6 Å². The molecule has 2 aromatic carbocycles. The molecule has 2 aliphatic heterocycles. The number of hydrogen-bond donors (Lipinski definition) is 1. The van der Waals surface area contributed by atoms with Crippen molar-refractivity contribution in [2.24, 2.45) is 0 Å². The van der Waals surface area contributed by atoms with Crippen LogP contribution in [0, 0.1) is 5.82 Å². The van der Waals surface area contributed by atoms with Gasteiger partial charge in [-0.2, -0.15) is 0 Å². The highest BCUT2D eigenvalue weighted by Gasteiger charge is 2.37. The molecule has 4 amide bonds. The van der Waals surface area contributed by atoms with Crippen LogP contribution in [0.5, 0.6) is 0 Å². The SMILES string of the molecule is CCN1c2cc(F)c(/C=C3/C(=O)NC(=O)N(c4ccc(Br)cc4)C3=O)cc2C(C)=CC1(C)C. The number of nitrogens with zero attached hydrogens (tertiary/aromatic N) is 2. The highest BCUT2D eigenvalue weighted by Crippen LogP contribution is 2.40. The number of barbiturate groups is 1. The molecule has 0 bridgehead atoms. The number of amides is 4. The minimum Gasteiger partial charge on any atom is -0.363 e. The molecule has 0 spiro atoms. The van der Waals surface area contributed by atoms with Crippen LogP contribution in [-0.4, -0.2) is 29.9 Å². The van der Waals surface area contributed by atoms with Crippen molar-refractivity contribution in [1.29, 1.82) is 0 Å². The number of anilines is 2. The van der Waals surface area contributed by atoms with E-state index in [0.717, 1.165) is 26.2 Å². The summed E-state index contributed by atoms with van der Waals surface area (Å²) in [5.41, 5.74) is 2.36. The summed E-state index contributed by atoms with van der Waals surface area (Å²) in [5, 5.41) is 2.17. The lowest BCUT2D eigenvalue weighted by Crippen LogP contribution is -2.54. The van der Waals surface area contributed by atoms with Crippen molar-refractivity contribution in [3.8, 4) is 0 Å². The Bertz CT molecular complexity index is 1250. The van der Waals surface area contributed by atoms with Crippen LogP contribution >= 0.6 is 15.9 Å². The van der Waals surface area contributed by atoms with Crippen LogP contribution < -0.4 is 15.1 Å². The van der Waals surface area contributed by atoms with Gasteiger partial charge in [-0.05, 0) is 75.7 Å². The first-order valence-corrected chi connectivity index (χ1v) is 11.3. The van der Waals surface area contributed by atoms with Gasteiger partial charge in [0.05, 0.1) is 11.2 Å². The van der Waals surface area contributed by atoms with Crippen molar-refractivity contribution >= 4 is 56.8 Å². The smallest absolute Gasteiger partial charge is 0.335 e. The van der Waals surface area contributed by atoms with Gasteiger partial charge < -0.3 is 4.90 Å². The van der Waals surface area contributed by atoms with E-state index in [4.69, 9.17) is 0 Å². The number of carbonyl (C=O) groups is 3. The monoisotopic (exact) mass is 511 g/mol. The van der Waals surface area contributed by atoms with Crippen LogP contribution in [0.15, 0.2) is 52.5 Å². The lowest BCUT2D eigenvalue weighted by Gasteiger charge is -2.43. The van der Waals surface area contributed by atoms with Gasteiger partial charge in [-0.1, -0.05) is 22.0 Å². The Morgan fingerprint density at radius 1 is 1.12 bits per heavy atom. The van der Waals surface area contributed by atoms with E-state index < -0.39 is 23.7 Å². The number of rotatable bonds is 3. The van der Waals surface area contributed by atoms with Gasteiger partial charge >= 0.3 is 6.03 Å². The number of carbonyl (C=O) groups excluding carboxylic acids is 3. The van der Waals surface area contributed by atoms with E-state index >= 15 is 4.39 Å². The fourth-order valence-electron chi connectivity index (χ4n) is 4.44. The first-order chi connectivity index (χ1) is 15.5. The van der Waals surface area contributed by atoms with Crippen LogP contribution in [-0.2, 0) is 9.59 Å². The maximum Gasteiger partial charge on any atom is 0.335 e. The summed E-state index contributed by atoms with van der Waals surface area (Å²) in [5.74, 6) is -2.23. The van der Waals surface area contributed by atoms with Crippen molar-refractivity contribution in [3.05, 3.63) is 69.5 Å². The Kier molecular flexibility index (Phi) is 5.74. The van der Waals surface area contributed by atoms with Gasteiger partial charge in [0.1, 0.15) is 11.4 Å². The zero-order chi connectivity index (χ0) is 24.1. The molecule has 33 heavy (non-hydrogen) atoms. The maximum absolute atomic E-state index is 15.2. The second-order valence-electron chi connectivity index (χ2n) is 8.55. The highest BCUT2D eigenvalue weighted by molar-refractivity contribution is 9.10. The number of imide groups is 2. The van der Waals surface area contributed by atoms with E-state index in [1.54, 1.807) is 30.3 Å². The molecule has 1 fully saturated rings. The predicted molar refractivity (Wildman–Crippen MR) is 130 cm³/mol. The molecule has 0 unspecified atom stereocenters. The minimum atomic E-state index is -0.862. The molecule has 2 heterocycles. The topological polar surface area (TPSA) is 69.7 Å². The number of nitrogens with one attached hydrogen (secondary N) is 1. The summed E-state index contributed by atoms with van der Waals surface area (Å²) in [6.45, 7) is 8.78. The molecule has 2 aliphatic rings. The Labute approximate surface area is 199 Å². The third-order valence-electron chi connectivity index (χ3n) is 5.90. The maximum atomic E-state index is 15.2. The molecule has 0 radical (unpaired) electrons. The lowest BCUT2D eigenvalue weighted by atomic mass is 9.87. The van der Waals surface area contributed by atoms with Gasteiger partial charge in [0.25, 0.3) is 11.8 Å². The fourth-order valence-corrected chi connectivity index (χ4v) is 4.71. The zero-order valence-corrected chi connectivity index (χ0v) is 20.3. The molecule has 6 nitrogen and oxygen atoms in total. The summed E-state index contributed by atoms with van der Waals surface area (Å²) < 4.78 is 16.0. The van der Waals surface area contributed by atoms with Crippen molar-refractivity contribution in [3.63, 3.8) is 0 Å². The molecular weight excluding hydrogens is 489 g/mol. The van der Waals surface area contributed by atoms with Crippen LogP contribution in [0.4, 0.5) is 20.6 Å². The minimum absolute atomic E-state index is 0.0980. The normalized spacial score (nSPS) is 18.9. The van der Waals surface area contributed by atoms with Gasteiger partial charge in [-0.15, -0.1) is 0 Å². The Hall–Kier alpha value is -3.26. The molecule has 0 atom stereocenters. The summed E-state index contributed by atoms with van der Waals surface area (Å²) in [4.78, 5) is 40.9. The lowest BCUT2D eigenvalue weighted by molar-refractivity contribution is -0.122. The standard InChI is InChI=1S/C25H23BrFN3O3/c1-5-29-21-12-20(27)15(10-18(21)14(2)13-25(29,3)4)11-19-22(31)28-24(33)30(23(19)32)17-8-6-16(26)7-9-17/h6-13H,5H2,1-4H3,(H,28,31,33)/b19-11-. The Balaban J connectivity index is 1.79. The molecular formula is C25H23BrFN3O3. The summed E-state index contributed by atoms with van der Waals surface area (Å²) >= 11 is 3.31. The number of allylic oxidation sites excluding steroid dienone is 1. The Morgan fingerprint density at radius 2 is 1.79 bits per heavy atom. The van der Waals surface area contributed by atoms with Crippen molar-refractivity contribution in [2.45, 2.75) is 33.2 Å². The second-order valence-corrected chi connectivity index (χ2v) is 9.47. The average Bonchev–Trinajstić information content (AvgIpc) is 2.72. The Morgan fingerprint density at radius 3 is 2.42 bits per heavy atom. The van der Waals surface area contributed by atoms with E-state index in [2.05, 4.69) is 46.1 Å². The summed E-state index contributed by atoms with van der Waals surface area (Å²) in [6, 6.07) is 8.72. The first kappa shape index (κ1) is 22.9. The third kappa shape index (κ3) is 3.99. The molecule has 4 rings (SSSR count). The summed E-state index contributed by atoms with van der Waals surface area (Å²) in [7, 11) is 0. The fraction of sp³-hybridized carbons (Fsp3) is 0.240. The van der Waals surface area contributed by atoms with E-state index in [0.29, 0.717) is 12.2 Å². The van der Waals surface area contributed by atoms with E-state index in [1.807, 2.05) is 13.8 Å². The number of fused-ring (bicyclic) bond motifs is 1. The van der Waals surface area contributed by atoms with Crippen molar-refractivity contribution in [1.82, 2.24) is 5.32 Å². The number of hydrogen-bond acceptors (Lipinski definition) is 4.